The minimum atomic E-state index is -0.231. The molecule has 2 aromatic heterocycles. The van der Waals surface area contributed by atoms with E-state index < -0.39 is 0 Å². The second-order valence-corrected chi connectivity index (χ2v) is 6.72. The van der Waals surface area contributed by atoms with Crippen LogP contribution in [0.15, 0.2) is 47.1 Å². The summed E-state index contributed by atoms with van der Waals surface area (Å²) >= 11 is 0. The van der Waals surface area contributed by atoms with E-state index in [1.54, 1.807) is 18.5 Å². The first-order chi connectivity index (χ1) is 12.7. The zero-order chi connectivity index (χ0) is 17.9. The van der Waals surface area contributed by atoms with Gasteiger partial charge in [0.05, 0.1) is 12.1 Å². The third-order valence-electron chi connectivity index (χ3n) is 4.69. The molecule has 0 amide bonds. The van der Waals surface area contributed by atoms with Crippen molar-refractivity contribution in [3.05, 3.63) is 71.6 Å². The maximum atomic E-state index is 13.3. The van der Waals surface area contributed by atoms with E-state index in [4.69, 9.17) is 4.42 Å². The molecule has 1 fully saturated rings. The fourth-order valence-electron chi connectivity index (χ4n) is 3.45. The number of benzene rings is 1. The molecule has 134 valence electrons. The Bertz CT molecular complexity index is 895. The Labute approximate surface area is 151 Å². The Balaban J connectivity index is 1.46. The molecular formula is C20H21FN4O. The summed E-state index contributed by atoms with van der Waals surface area (Å²) in [5, 5.41) is 0. The van der Waals surface area contributed by atoms with Gasteiger partial charge in [-0.05, 0) is 43.5 Å². The molecule has 1 aliphatic heterocycles. The van der Waals surface area contributed by atoms with Gasteiger partial charge < -0.3 is 9.32 Å². The van der Waals surface area contributed by atoms with Crippen LogP contribution in [0.3, 0.4) is 0 Å². The number of rotatable bonds is 4. The van der Waals surface area contributed by atoms with Gasteiger partial charge in [0.1, 0.15) is 23.2 Å². The monoisotopic (exact) mass is 352 g/mol. The predicted octanol–water partition coefficient (Wildman–Crippen LogP) is 3.89. The van der Waals surface area contributed by atoms with Crippen LogP contribution in [0.4, 0.5) is 10.2 Å². The molecule has 4 rings (SSSR count). The molecule has 0 saturated carbocycles. The number of oxazole rings is 1. The Morgan fingerprint density at radius 2 is 2.19 bits per heavy atom. The Morgan fingerprint density at radius 1 is 1.27 bits per heavy atom. The molecule has 1 atom stereocenters. The van der Waals surface area contributed by atoms with Crippen LogP contribution in [0.25, 0.3) is 0 Å². The first kappa shape index (κ1) is 16.7. The number of hydrogen-bond donors (Lipinski definition) is 0. The molecule has 1 aliphatic rings. The van der Waals surface area contributed by atoms with Gasteiger partial charge in [0.15, 0.2) is 5.89 Å². The maximum Gasteiger partial charge on any atom is 0.199 e. The number of hydrogen-bond acceptors (Lipinski definition) is 5. The highest BCUT2D eigenvalue weighted by Gasteiger charge is 2.26. The largest absolute Gasteiger partial charge is 0.445 e. The van der Waals surface area contributed by atoms with E-state index >= 15 is 0 Å². The topological polar surface area (TPSA) is 55.1 Å². The molecule has 1 aromatic carbocycles. The van der Waals surface area contributed by atoms with Crippen molar-refractivity contribution < 1.29 is 8.81 Å². The molecule has 0 N–H and O–H groups in total. The second-order valence-electron chi connectivity index (χ2n) is 6.72. The third-order valence-corrected chi connectivity index (χ3v) is 4.69. The third kappa shape index (κ3) is 3.74. The van der Waals surface area contributed by atoms with Gasteiger partial charge >= 0.3 is 0 Å². The van der Waals surface area contributed by atoms with Crippen molar-refractivity contribution in [3.63, 3.8) is 0 Å². The summed E-state index contributed by atoms with van der Waals surface area (Å²) in [4.78, 5) is 15.4. The molecule has 0 bridgehead atoms. The Kier molecular flexibility index (Phi) is 4.65. The van der Waals surface area contributed by atoms with E-state index in [1.807, 2.05) is 19.1 Å². The van der Waals surface area contributed by atoms with E-state index in [-0.39, 0.29) is 11.7 Å². The molecule has 0 spiro atoms. The zero-order valence-corrected chi connectivity index (χ0v) is 14.7. The number of anilines is 1. The number of aryl methyl sites for hydroxylation is 1. The van der Waals surface area contributed by atoms with Gasteiger partial charge in [0.25, 0.3) is 0 Å². The number of piperidine rings is 1. The lowest BCUT2D eigenvalue weighted by atomic mass is 9.98. The molecule has 26 heavy (non-hydrogen) atoms. The minimum Gasteiger partial charge on any atom is -0.445 e. The molecular weight excluding hydrogens is 331 g/mol. The Morgan fingerprint density at radius 3 is 3.04 bits per heavy atom. The van der Waals surface area contributed by atoms with Crippen molar-refractivity contribution in [2.45, 2.75) is 32.1 Å². The highest BCUT2D eigenvalue weighted by atomic mass is 19.1. The van der Waals surface area contributed by atoms with Crippen LogP contribution in [0.2, 0.25) is 0 Å². The van der Waals surface area contributed by atoms with Crippen molar-refractivity contribution in [1.29, 1.82) is 0 Å². The molecule has 6 heteroatoms. The first-order valence-corrected chi connectivity index (χ1v) is 8.91. The lowest BCUT2D eigenvalue weighted by molar-refractivity contribution is 0.384. The van der Waals surface area contributed by atoms with E-state index in [0.717, 1.165) is 54.8 Å². The molecule has 3 aromatic rings. The van der Waals surface area contributed by atoms with Gasteiger partial charge in [-0.15, -0.1) is 0 Å². The highest BCUT2D eigenvalue weighted by molar-refractivity contribution is 5.38. The molecule has 0 aliphatic carbocycles. The van der Waals surface area contributed by atoms with Gasteiger partial charge in [0.2, 0.25) is 0 Å². The smallest absolute Gasteiger partial charge is 0.199 e. The molecule has 5 nitrogen and oxygen atoms in total. The number of halogens is 1. The van der Waals surface area contributed by atoms with Crippen molar-refractivity contribution in [1.82, 2.24) is 15.0 Å². The maximum absolute atomic E-state index is 13.3. The van der Waals surface area contributed by atoms with Crippen LogP contribution < -0.4 is 4.90 Å². The lowest BCUT2D eigenvalue weighted by Gasteiger charge is -2.32. The van der Waals surface area contributed by atoms with Gasteiger partial charge in [-0.25, -0.2) is 19.3 Å². The summed E-state index contributed by atoms with van der Waals surface area (Å²) in [6.45, 7) is 3.71. The van der Waals surface area contributed by atoms with Crippen LogP contribution >= 0.6 is 0 Å². The Hall–Kier alpha value is -2.76. The summed E-state index contributed by atoms with van der Waals surface area (Å²) < 4.78 is 19.3. The summed E-state index contributed by atoms with van der Waals surface area (Å²) in [5.74, 6) is 3.25. The standard InChI is InChI=1S/C20H21FN4O/c1-14-22-8-7-19(24-14)25-9-3-5-16(13-25)20-23-12-18(26-20)11-15-4-2-6-17(21)10-15/h2,4,6-8,10,12,16H,3,5,9,11,13H2,1H3. The lowest BCUT2D eigenvalue weighted by Crippen LogP contribution is -2.35. The minimum absolute atomic E-state index is 0.231. The number of nitrogens with zero attached hydrogens (tertiary/aromatic N) is 4. The summed E-state index contributed by atoms with van der Waals surface area (Å²) in [6.07, 6.45) is 6.21. The average molecular weight is 352 g/mol. The van der Waals surface area contributed by atoms with E-state index in [9.17, 15) is 4.39 Å². The van der Waals surface area contributed by atoms with Gasteiger partial charge in [-0.3, -0.25) is 0 Å². The summed E-state index contributed by atoms with van der Waals surface area (Å²) in [6, 6.07) is 8.53. The van der Waals surface area contributed by atoms with Crippen LogP contribution in [-0.4, -0.2) is 28.0 Å². The van der Waals surface area contributed by atoms with Crippen molar-refractivity contribution in [3.8, 4) is 0 Å². The average Bonchev–Trinajstić information content (AvgIpc) is 3.10. The fourth-order valence-corrected chi connectivity index (χ4v) is 3.45. The zero-order valence-electron chi connectivity index (χ0n) is 14.7. The fraction of sp³-hybridized carbons (Fsp3) is 0.350. The number of aromatic nitrogens is 3. The SMILES string of the molecule is Cc1nccc(N2CCCC(c3ncc(Cc4cccc(F)c4)o3)C2)n1. The highest BCUT2D eigenvalue weighted by Crippen LogP contribution is 2.29. The predicted molar refractivity (Wildman–Crippen MR) is 96.7 cm³/mol. The normalized spacial score (nSPS) is 17.5. The molecule has 0 radical (unpaired) electrons. The van der Waals surface area contributed by atoms with Gasteiger partial charge in [-0.1, -0.05) is 12.1 Å². The van der Waals surface area contributed by atoms with Crippen LogP contribution in [0.1, 0.15) is 41.8 Å². The van der Waals surface area contributed by atoms with Crippen LogP contribution in [0, 0.1) is 12.7 Å². The van der Waals surface area contributed by atoms with Crippen molar-refractivity contribution in [2.75, 3.05) is 18.0 Å². The van der Waals surface area contributed by atoms with Crippen LogP contribution in [-0.2, 0) is 6.42 Å². The quantitative estimate of drug-likeness (QED) is 0.713. The summed E-state index contributed by atoms with van der Waals surface area (Å²) in [5.41, 5.74) is 0.884. The first-order valence-electron chi connectivity index (χ1n) is 8.91. The van der Waals surface area contributed by atoms with Gasteiger partial charge in [0, 0.05) is 25.7 Å². The van der Waals surface area contributed by atoms with Gasteiger partial charge in [-0.2, -0.15) is 0 Å². The van der Waals surface area contributed by atoms with E-state index in [0.29, 0.717) is 6.42 Å². The molecule has 1 unspecified atom stereocenters. The second kappa shape index (κ2) is 7.23. The molecule has 3 heterocycles. The van der Waals surface area contributed by atoms with Crippen molar-refractivity contribution >= 4 is 5.82 Å². The molecule has 1 saturated heterocycles. The summed E-state index contributed by atoms with van der Waals surface area (Å²) in [7, 11) is 0. The van der Waals surface area contributed by atoms with E-state index in [1.165, 1.54) is 12.1 Å². The van der Waals surface area contributed by atoms with E-state index in [2.05, 4.69) is 19.9 Å². The van der Waals surface area contributed by atoms with Crippen molar-refractivity contribution in [2.24, 2.45) is 0 Å². The van der Waals surface area contributed by atoms with Crippen LogP contribution in [0.5, 0.6) is 0 Å².